The van der Waals surface area contributed by atoms with Gasteiger partial charge in [0.25, 0.3) is 0 Å². The summed E-state index contributed by atoms with van der Waals surface area (Å²) < 4.78 is 18.5. The lowest BCUT2D eigenvalue weighted by Gasteiger charge is -2.26. The topological polar surface area (TPSA) is 47.3 Å². The van der Waals surface area contributed by atoms with Crippen LogP contribution in [0.3, 0.4) is 0 Å². The summed E-state index contributed by atoms with van der Waals surface area (Å²) in [4.78, 5) is 0. The van der Waals surface area contributed by atoms with Gasteiger partial charge in [-0.1, -0.05) is 6.07 Å². The molecule has 13 heavy (non-hydrogen) atoms. The van der Waals surface area contributed by atoms with Gasteiger partial charge in [0.1, 0.15) is 6.10 Å². The van der Waals surface area contributed by atoms with Crippen molar-refractivity contribution in [3.05, 3.63) is 24.0 Å². The summed E-state index contributed by atoms with van der Waals surface area (Å²) in [6.45, 7) is 1.02. The standard InChI is InChI=1S/C9H11FN2O/c10-7-2-1-3-8-9(7)13-6(4-11)5-12-8/h1-3,6,12H,4-5,11H2/t6-/m0/s1. The quantitative estimate of drug-likeness (QED) is 0.680. The fourth-order valence-electron chi connectivity index (χ4n) is 1.33. The lowest BCUT2D eigenvalue weighted by Crippen LogP contribution is -2.37. The van der Waals surface area contributed by atoms with Crippen molar-refractivity contribution in [3.63, 3.8) is 0 Å². The van der Waals surface area contributed by atoms with Crippen LogP contribution in [0.4, 0.5) is 10.1 Å². The van der Waals surface area contributed by atoms with Gasteiger partial charge >= 0.3 is 0 Å². The van der Waals surface area contributed by atoms with Crippen molar-refractivity contribution in [1.82, 2.24) is 0 Å². The van der Waals surface area contributed by atoms with Crippen molar-refractivity contribution in [1.29, 1.82) is 0 Å². The molecule has 0 aromatic heterocycles. The Morgan fingerprint density at radius 3 is 3.23 bits per heavy atom. The second kappa shape index (κ2) is 3.22. The van der Waals surface area contributed by atoms with Crippen LogP contribution in [0.2, 0.25) is 0 Å². The number of anilines is 1. The van der Waals surface area contributed by atoms with Gasteiger partial charge in [-0.25, -0.2) is 4.39 Å². The maximum atomic E-state index is 13.2. The molecule has 0 radical (unpaired) electrons. The predicted octanol–water partition coefficient (Wildman–Crippen LogP) is 0.957. The minimum absolute atomic E-state index is 0.135. The molecule has 0 aliphatic carbocycles. The maximum Gasteiger partial charge on any atom is 0.178 e. The van der Waals surface area contributed by atoms with Crippen molar-refractivity contribution >= 4 is 5.69 Å². The van der Waals surface area contributed by atoms with E-state index in [-0.39, 0.29) is 17.7 Å². The minimum Gasteiger partial charge on any atom is -0.482 e. The molecular formula is C9H11FN2O. The average molecular weight is 182 g/mol. The van der Waals surface area contributed by atoms with E-state index in [1.807, 2.05) is 0 Å². The van der Waals surface area contributed by atoms with Crippen LogP contribution in [0.25, 0.3) is 0 Å². The lowest BCUT2D eigenvalue weighted by molar-refractivity contribution is 0.204. The Labute approximate surface area is 75.7 Å². The number of benzene rings is 1. The van der Waals surface area contributed by atoms with E-state index >= 15 is 0 Å². The van der Waals surface area contributed by atoms with Crippen molar-refractivity contribution < 1.29 is 9.13 Å². The largest absolute Gasteiger partial charge is 0.482 e. The third-order valence-electron chi connectivity index (χ3n) is 2.03. The monoisotopic (exact) mass is 182 g/mol. The lowest BCUT2D eigenvalue weighted by atomic mass is 10.2. The summed E-state index contributed by atoms with van der Waals surface area (Å²) in [6.07, 6.45) is -0.135. The second-order valence-corrected chi connectivity index (χ2v) is 2.97. The Bertz CT molecular complexity index is 316. The van der Waals surface area contributed by atoms with E-state index in [0.717, 1.165) is 0 Å². The normalized spacial score (nSPS) is 20.0. The van der Waals surface area contributed by atoms with Crippen LogP contribution in [0, 0.1) is 5.82 Å². The third-order valence-corrected chi connectivity index (χ3v) is 2.03. The van der Waals surface area contributed by atoms with E-state index in [9.17, 15) is 4.39 Å². The molecule has 2 rings (SSSR count). The maximum absolute atomic E-state index is 13.2. The molecule has 1 atom stereocenters. The molecule has 3 nitrogen and oxygen atoms in total. The van der Waals surface area contributed by atoms with Gasteiger partial charge in [-0.05, 0) is 12.1 Å². The highest BCUT2D eigenvalue weighted by molar-refractivity contribution is 5.58. The number of para-hydroxylation sites is 1. The molecule has 1 aliphatic rings. The number of rotatable bonds is 1. The number of nitrogens with one attached hydrogen (secondary N) is 1. The number of halogens is 1. The highest BCUT2D eigenvalue weighted by atomic mass is 19.1. The Morgan fingerprint density at radius 1 is 1.62 bits per heavy atom. The fourth-order valence-corrected chi connectivity index (χ4v) is 1.33. The summed E-state index contributed by atoms with van der Waals surface area (Å²) in [7, 11) is 0. The highest BCUT2D eigenvalue weighted by Gasteiger charge is 2.20. The molecule has 1 aromatic rings. The zero-order chi connectivity index (χ0) is 9.26. The van der Waals surface area contributed by atoms with E-state index in [4.69, 9.17) is 10.5 Å². The van der Waals surface area contributed by atoms with Gasteiger partial charge in [-0.2, -0.15) is 0 Å². The zero-order valence-corrected chi connectivity index (χ0v) is 7.09. The number of fused-ring (bicyclic) bond motifs is 1. The van der Waals surface area contributed by atoms with Gasteiger partial charge in [0.2, 0.25) is 0 Å². The Balaban J connectivity index is 2.32. The molecule has 0 bridgehead atoms. The van der Waals surface area contributed by atoms with Crippen molar-refractivity contribution in [2.24, 2.45) is 5.73 Å². The summed E-state index contributed by atoms with van der Waals surface area (Å²) in [5.74, 6) is -0.0626. The second-order valence-electron chi connectivity index (χ2n) is 2.97. The van der Waals surface area contributed by atoms with Crippen LogP contribution in [-0.2, 0) is 0 Å². The molecule has 0 spiro atoms. The summed E-state index contributed by atoms with van der Waals surface area (Å²) >= 11 is 0. The number of hydrogen-bond acceptors (Lipinski definition) is 3. The fraction of sp³-hybridized carbons (Fsp3) is 0.333. The Morgan fingerprint density at radius 2 is 2.46 bits per heavy atom. The predicted molar refractivity (Wildman–Crippen MR) is 48.4 cm³/mol. The Hall–Kier alpha value is -1.29. The summed E-state index contributed by atoms with van der Waals surface area (Å²) in [5.41, 5.74) is 6.12. The van der Waals surface area contributed by atoms with E-state index in [2.05, 4.69) is 5.32 Å². The van der Waals surface area contributed by atoms with E-state index in [1.54, 1.807) is 12.1 Å². The first kappa shape index (κ1) is 8.31. The first-order valence-corrected chi connectivity index (χ1v) is 4.20. The first-order chi connectivity index (χ1) is 6.31. The zero-order valence-electron chi connectivity index (χ0n) is 7.09. The molecule has 0 fully saturated rings. The first-order valence-electron chi connectivity index (χ1n) is 4.20. The van der Waals surface area contributed by atoms with Gasteiger partial charge in [0, 0.05) is 6.54 Å². The van der Waals surface area contributed by atoms with E-state index in [1.165, 1.54) is 6.07 Å². The molecule has 1 aliphatic heterocycles. The third kappa shape index (κ3) is 1.45. The number of hydrogen-bond donors (Lipinski definition) is 2. The number of ether oxygens (including phenoxy) is 1. The van der Waals surface area contributed by atoms with Gasteiger partial charge in [-0.15, -0.1) is 0 Å². The van der Waals surface area contributed by atoms with Crippen LogP contribution in [0.15, 0.2) is 18.2 Å². The summed E-state index contributed by atoms with van der Waals surface area (Å²) in [5, 5.41) is 3.06. The molecule has 1 heterocycles. The van der Waals surface area contributed by atoms with Gasteiger partial charge in [0.05, 0.1) is 12.2 Å². The summed E-state index contributed by atoms with van der Waals surface area (Å²) in [6, 6.07) is 4.80. The Kier molecular flexibility index (Phi) is 2.06. The minimum atomic E-state index is -0.344. The van der Waals surface area contributed by atoms with Crippen molar-refractivity contribution in [3.8, 4) is 5.75 Å². The SMILES string of the molecule is NC[C@H]1CNc2cccc(F)c2O1. The highest BCUT2D eigenvalue weighted by Crippen LogP contribution is 2.31. The van der Waals surface area contributed by atoms with Crippen LogP contribution in [0.5, 0.6) is 5.75 Å². The smallest absolute Gasteiger partial charge is 0.178 e. The van der Waals surface area contributed by atoms with Gasteiger partial charge < -0.3 is 15.8 Å². The molecule has 4 heteroatoms. The van der Waals surface area contributed by atoms with E-state index in [0.29, 0.717) is 18.8 Å². The van der Waals surface area contributed by atoms with E-state index < -0.39 is 0 Å². The van der Waals surface area contributed by atoms with Crippen LogP contribution in [-0.4, -0.2) is 19.2 Å². The van der Waals surface area contributed by atoms with Gasteiger partial charge in [-0.3, -0.25) is 0 Å². The average Bonchev–Trinajstić information content (AvgIpc) is 2.18. The molecule has 3 N–H and O–H groups in total. The molecule has 70 valence electrons. The van der Waals surface area contributed by atoms with Crippen molar-refractivity contribution in [2.45, 2.75) is 6.10 Å². The molecule has 1 aromatic carbocycles. The molecular weight excluding hydrogens is 171 g/mol. The van der Waals surface area contributed by atoms with Crippen LogP contribution >= 0.6 is 0 Å². The molecule has 0 saturated carbocycles. The molecule has 0 unspecified atom stereocenters. The van der Waals surface area contributed by atoms with Crippen LogP contribution in [0.1, 0.15) is 0 Å². The molecule has 0 amide bonds. The van der Waals surface area contributed by atoms with Crippen molar-refractivity contribution in [2.75, 3.05) is 18.4 Å². The van der Waals surface area contributed by atoms with Gasteiger partial charge in [0.15, 0.2) is 11.6 Å². The number of nitrogens with two attached hydrogens (primary N) is 1. The molecule has 0 saturated heterocycles. The van der Waals surface area contributed by atoms with Crippen LogP contribution < -0.4 is 15.8 Å².